The van der Waals surface area contributed by atoms with Crippen LogP contribution in [0.25, 0.3) is 5.70 Å². The summed E-state index contributed by atoms with van der Waals surface area (Å²) in [6, 6.07) is 0.0839. The Hall–Kier alpha value is -2.18. The van der Waals surface area contributed by atoms with Crippen molar-refractivity contribution in [3.8, 4) is 0 Å². The van der Waals surface area contributed by atoms with Crippen molar-refractivity contribution in [2.75, 3.05) is 0 Å². The molecule has 2 N–H and O–H groups in total. The third kappa shape index (κ3) is 3.14. The quantitative estimate of drug-likeness (QED) is 0.788. The molecule has 3 aliphatic rings. The van der Waals surface area contributed by atoms with E-state index >= 15 is 0 Å². The molecule has 0 aliphatic heterocycles. The van der Waals surface area contributed by atoms with E-state index in [0.29, 0.717) is 11.6 Å². The number of allylic oxidation sites excluding steroid dienone is 4. The van der Waals surface area contributed by atoms with Gasteiger partial charge in [0.15, 0.2) is 6.23 Å². The fourth-order valence-corrected chi connectivity index (χ4v) is 4.85. The van der Waals surface area contributed by atoms with Crippen molar-refractivity contribution in [2.24, 2.45) is 5.92 Å². The third-order valence-corrected chi connectivity index (χ3v) is 6.31. The molecular formula is C22H28N4O2. The highest BCUT2D eigenvalue weighted by Crippen LogP contribution is 2.35. The fourth-order valence-electron chi connectivity index (χ4n) is 4.85. The summed E-state index contributed by atoms with van der Waals surface area (Å²) in [4.78, 5) is 0. The van der Waals surface area contributed by atoms with Gasteiger partial charge in [-0.25, -0.2) is 4.68 Å². The van der Waals surface area contributed by atoms with E-state index in [1.54, 1.807) is 0 Å². The summed E-state index contributed by atoms with van der Waals surface area (Å²) in [5, 5.41) is 23.1. The summed E-state index contributed by atoms with van der Waals surface area (Å²) in [6.45, 7) is 2.23. The normalized spacial score (nSPS) is 25.1. The lowest BCUT2D eigenvalue weighted by molar-refractivity contribution is 0.110. The lowest BCUT2D eigenvalue weighted by atomic mass is 9.91. The number of hydrogen-bond donors (Lipinski definition) is 2. The number of fused-ring (bicyclic) bond motifs is 2. The molecule has 3 atom stereocenters. The molecule has 5 rings (SSSR count). The molecule has 28 heavy (non-hydrogen) atoms. The van der Waals surface area contributed by atoms with Crippen molar-refractivity contribution in [2.45, 2.75) is 70.6 Å². The maximum atomic E-state index is 10.9. The zero-order valence-corrected chi connectivity index (χ0v) is 16.4. The fraction of sp³-hybridized carbons (Fsp3) is 0.545. The lowest BCUT2D eigenvalue weighted by Crippen LogP contribution is -2.30. The van der Waals surface area contributed by atoms with Crippen molar-refractivity contribution in [1.82, 2.24) is 20.3 Å². The minimum atomic E-state index is -0.804. The van der Waals surface area contributed by atoms with Gasteiger partial charge in [0.05, 0.1) is 6.20 Å². The summed E-state index contributed by atoms with van der Waals surface area (Å²) < 4.78 is 7.60. The zero-order chi connectivity index (χ0) is 19.1. The van der Waals surface area contributed by atoms with Crippen LogP contribution in [-0.4, -0.2) is 20.0 Å². The standard InChI is InChI=1S/C22H28N4O2/c1-14-6-4-7-15(12-14)26-19-10-5-9-18(17(19)13-23-26)24-22(27)21-16-8-2-3-11-20(16)28-25-21/h4,6-7,13-14,18,22,24,27H,2-3,5,8-12H2,1H3. The predicted octanol–water partition coefficient (Wildman–Crippen LogP) is 3.84. The van der Waals surface area contributed by atoms with Gasteiger partial charge in [0.2, 0.25) is 0 Å². The Bertz CT molecular complexity index is 923. The molecule has 6 nitrogen and oxygen atoms in total. The summed E-state index contributed by atoms with van der Waals surface area (Å²) in [6.07, 6.45) is 16.0. The highest BCUT2D eigenvalue weighted by atomic mass is 16.5. The number of aromatic nitrogens is 3. The Morgan fingerprint density at radius 3 is 3.04 bits per heavy atom. The molecule has 2 aromatic heterocycles. The van der Waals surface area contributed by atoms with Gasteiger partial charge in [-0.1, -0.05) is 24.2 Å². The molecule has 0 spiro atoms. The van der Waals surface area contributed by atoms with Crippen LogP contribution < -0.4 is 5.32 Å². The van der Waals surface area contributed by atoms with Crippen LogP contribution in [0.1, 0.15) is 79.6 Å². The molecule has 0 aromatic carbocycles. The molecule has 0 saturated heterocycles. The van der Waals surface area contributed by atoms with E-state index in [4.69, 9.17) is 9.62 Å². The Balaban J connectivity index is 1.38. The second kappa shape index (κ2) is 7.33. The second-order valence-corrected chi connectivity index (χ2v) is 8.37. The second-order valence-electron chi connectivity index (χ2n) is 8.37. The lowest BCUT2D eigenvalue weighted by Gasteiger charge is -2.27. The Morgan fingerprint density at radius 1 is 1.25 bits per heavy atom. The van der Waals surface area contributed by atoms with Crippen LogP contribution in [0.2, 0.25) is 0 Å². The number of aliphatic hydroxyl groups is 1. The topological polar surface area (TPSA) is 76.1 Å². The van der Waals surface area contributed by atoms with Gasteiger partial charge >= 0.3 is 0 Å². The van der Waals surface area contributed by atoms with E-state index in [0.717, 1.165) is 62.7 Å². The van der Waals surface area contributed by atoms with E-state index in [1.165, 1.54) is 17.0 Å². The first-order chi connectivity index (χ1) is 13.7. The Kier molecular flexibility index (Phi) is 4.69. The van der Waals surface area contributed by atoms with Crippen molar-refractivity contribution in [1.29, 1.82) is 0 Å². The molecule has 2 aromatic rings. The third-order valence-electron chi connectivity index (χ3n) is 6.31. The average molecular weight is 380 g/mol. The molecule has 0 fully saturated rings. The van der Waals surface area contributed by atoms with E-state index in [9.17, 15) is 5.11 Å². The largest absolute Gasteiger partial charge is 0.372 e. The van der Waals surface area contributed by atoms with Gasteiger partial charge in [-0.05, 0) is 56.9 Å². The number of aryl methyl sites for hydroxylation is 1. The van der Waals surface area contributed by atoms with Crippen LogP contribution >= 0.6 is 0 Å². The molecule has 0 amide bonds. The molecule has 6 heteroatoms. The molecule has 3 unspecified atom stereocenters. The number of nitrogens with zero attached hydrogens (tertiary/aromatic N) is 3. The molecule has 3 aliphatic carbocycles. The monoisotopic (exact) mass is 380 g/mol. The van der Waals surface area contributed by atoms with E-state index in [-0.39, 0.29) is 6.04 Å². The van der Waals surface area contributed by atoms with Crippen molar-refractivity contribution >= 4 is 5.70 Å². The number of aliphatic hydroxyl groups excluding tert-OH is 1. The molecule has 0 saturated carbocycles. The first kappa shape index (κ1) is 17.9. The van der Waals surface area contributed by atoms with E-state index in [2.05, 4.69) is 40.3 Å². The van der Waals surface area contributed by atoms with E-state index < -0.39 is 6.23 Å². The number of rotatable bonds is 4. The maximum absolute atomic E-state index is 10.9. The minimum Gasteiger partial charge on any atom is -0.372 e. The molecule has 0 radical (unpaired) electrons. The van der Waals surface area contributed by atoms with Crippen LogP contribution in [0.3, 0.4) is 0 Å². The molecule has 2 heterocycles. The van der Waals surface area contributed by atoms with Crippen molar-refractivity contribution in [3.05, 3.63) is 52.7 Å². The van der Waals surface area contributed by atoms with Crippen LogP contribution in [0.4, 0.5) is 0 Å². The van der Waals surface area contributed by atoms with Crippen molar-refractivity contribution in [3.63, 3.8) is 0 Å². The van der Waals surface area contributed by atoms with Crippen LogP contribution in [0.5, 0.6) is 0 Å². The van der Waals surface area contributed by atoms with Crippen molar-refractivity contribution < 1.29 is 9.63 Å². The summed E-state index contributed by atoms with van der Waals surface area (Å²) in [5.74, 6) is 1.49. The SMILES string of the molecule is CC1C=CC=C(n2ncc3c2CCCC3NC(O)c2noc3c2CCCC3)C1. The number of nitrogens with one attached hydrogen (secondary N) is 1. The summed E-state index contributed by atoms with van der Waals surface area (Å²) in [7, 11) is 0. The van der Waals surface area contributed by atoms with Gasteiger partial charge < -0.3 is 9.63 Å². The maximum Gasteiger partial charge on any atom is 0.152 e. The van der Waals surface area contributed by atoms with Gasteiger partial charge in [-0.3, -0.25) is 5.32 Å². The van der Waals surface area contributed by atoms with Gasteiger partial charge in [0.1, 0.15) is 11.5 Å². The van der Waals surface area contributed by atoms with Gasteiger partial charge in [-0.15, -0.1) is 0 Å². The first-order valence-corrected chi connectivity index (χ1v) is 10.6. The molecule has 0 bridgehead atoms. The minimum absolute atomic E-state index is 0.0839. The zero-order valence-electron chi connectivity index (χ0n) is 16.4. The van der Waals surface area contributed by atoms with E-state index in [1.807, 2.05) is 6.20 Å². The highest BCUT2D eigenvalue weighted by Gasteiger charge is 2.30. The Morgan fingerprint density at radius 2 is 2.14 bits per heavy atom. The highest BCUT2D eigenvalue weighted by molar-refractivity contribution is 5.52. The predicted molar refractivity (Wildman–Crippen MR) is 106 cm³/mol. The number of hydrogen-bond acceptors (Lipinski definition) is 5. The van der Waals surface area contributed by atoms with Crippen LogP contribution in [0, 0.1) is 5.92 Å². The Labute approximate surface area is 165 Å². The molecular weight excluding hydrogens is 352 g/mol. The van der Waals surface area contributed by atoms with Gasteiger partial charge in [0.25, 0.3) is 0 Å². The van der Waals surface area contributed by atoms with Crippen LogP contribution in [-0.2, 0) is 19.3 Å². The van der Waals surface area contributed by atoms with Gasteiger partial charge in [0, 0.05) is 35.0 Å². The van der Waals surface area contributed by atoms with Crippen LogP contribution in [0.15, 0.2) is 28.9 Å². The molecule has 148 valence electrons. The smallest absolute Gasteiger partial charge is 0.152 e. The first-order valence-electron chi connectivity index (χ1n) is 10.6. The van der Waals surface area contributed by atoms with Gasteiger partial charge in [-0.2, -0.15) is 5.10 Å². The summed E-state index contributed by atoms with van der Waals surface area (Å²) in [5.41, 5.74) is 5.50. The summed E-state index contributed by atoms with van der Waals surface area (Å²) >= 11 is 0. The average Bonchev–Trinajstić information content (AvgIpc) is 3.33.